The molecule has 2 aromatic rings. The third kappa shape index (κ3) is 4.69. The minimum Gasteiger partial charge on any atom is -0.340 e. The van der Waals surface area contributed by atoms with Gasteiger partial charge in [-0.25, -0.2) is 0 Å². The van der Waals surface area contributed by atoms with Crippen LogP contribution in [0.5, 0.6) is 0 Å². The molecule has 1 aromatic heterocycles. The van der Waals surface area contributed by atoms with Crippen LogP contribution in [0.4, 0.5) is 0 Å². The van der Waals surface area contributed by atoms with Crippen molar-refractivity contribution < 1.29 is 0 Å². The highest BCUT2D eigenvalue weighted by Crippen LogP contribution is 2.14. The normalized spacial score (nSPS) is 12.3. The summed E-state index contributed by atoms with van der Waals surface area (Å²) in [6.07, 6.45) is 0.996. The van der Waals surface area contributed by atoms with Gasteiger partial charge in [0.25, 0.3) is 0 Å². The van der Waals surface area contributed by atoms with Crippen molar-refractivity contribution in [2.24, 2.45) is 7.05 Å². The smallest absolute Gasteiger partial charge is 0.120 e. The molecule has 0 fully saturated rings. The summed E-state index contributed by atoms with van der Waals surface area (Å²) in [6, 6.07) is 15.2. The monoisotopic (exact) mass is 310 g/mol. The first-order chi connectivity index (χ1) is 11.0. The van der Waals surface area contributed by atoms with E-state index < -0.39 is 0 Å². The molecule has 0 spiro atoms. The number of nitrogens with zero attached hydrogens (tertiary/aromatic N) is 3. The van der Waals surface area contributed by atoms with Crippen molar-refractivity contribution in [1.82, 2.24) is 14.8 Å². The largest absolute Gasteiger partial charge is 0.340 e. The van der Waals surface area contributed by atoms with Crippen molar-refractivity contribution in [2.45, 2.75) is 25.9 Å². The first kappa shape index (κ1) is 17.3. The number of nitrogens with one attached hydrogen (secondary N) is 1. The van der Waals surface area contributed by atoms with E-state index in [2.05, 4.69) is 67.6 Å². The van der Waals surface area contributed by atoms with Gasteiger partial charge >= 0.3 is 0 Å². The molecule has 0 bridgehead atoms. The Labute approximate surface area is 139 Å². The lowest BCUT2D eigenvalue weighted by Gasteiger charge is -2.22. The standard InChI is InChI=1S/C19H26N4/c1-15-17(11-19(12-20)23(15)4)13-21-18(14-22(2)3)10-16-8-6-5-7-9-16/h5-9,11,18,21H,10,13-14H2,1-4H3/t18-/m0/s1. The van der Waals surface area contributed by atoms with Crippen molar-refractivity contribution in [3.05, 3.63) is 58.9 Å². The highest BCUT2D eigenvalue weighted by Gasteiger charge is 2.13. The van der Waals surface area contributed by atoms with Gasteiger partial charge in [0, 0.05) is 31.9 Å². The SMILES string of the molecule is Cc1c(CN[C@@H](Cc2ccccc2)CN(C)C)cc(C#N)n1C. The zero-order valence-corrected chi connectivity index (χ0v) is 14.5. The Morgan fingerprint density at radius 1 is 1.26 bits per heavy atom. The van der Waals surface area contributed by atoms with Crippen LogP contribution in [0.2, 0.25) is 0 Å². The van der Waals surface area contributed by atoms with Gasteiger partial charge in [-0.2, -0.15) is 5.26 Å². The van der Waals surface area contributed by atoms with Crippen molar-refractivity contribution >= 4 is 0 Å². The minimum atomic E-state index is 0.373. The zero-order valence-electron chi connectivity index (χ0n) is 14.5. The quantitative estimate of drug-likeness (QED) is 0.854. The molecule has 1 heterocycles. The number of hydrogen-bond acceptors (Lipinski definition) is 3. The molecule has 0 saturated carbocycles. The number of nitriles is 1. The first-order valence-electron chi connectivity index (χ1n) is 7.98. The van der Waals surface area contributed by atoms with Gasteiger partial charge in [0.15, 0.2) is 0 Å². The van der Waals surface area contributed by atoms with Crippen LogP contribution >= 0.6 is 0 Å². The van der Waals surface area contributed by atoms with E-state index >= 15 is 0 Å². The highest BCUT2D eigenvalue weighted by molar-refractivity contribution is 5.34. The maximum Gasteiger partial charge on any atom is 0.120 e. The van der Waals surface area contributed by atoms with Crippen molar-refractivity contribution in [2.75, 3.05) is 20.6 Å². The molecule has 0 unspecified atom stereocenters. The summed E-state index contributed by atoms with van der Waals surface area (Å²) in [5, 5.41) is 12.8. The van der Waals surface area contributed by atoms with Gasteiger partial charge < -0.3 is 14.8 Å². The maximum atomic E-state index is 9.15. The fourth-order valence-corrected chi connectivity index (χ4v) is 2.84. The Bertz CT molecular complexity index is 665. The van der Waals surface area contributed by atoms with Crippen LogP contribution in [0.1, 0.15) is 22.5 Å². The molecule has 0 amide bonds. The van der Waals surface area contributed by atoms with E-state index in [1.165, 1.54) is 11.1 Å². The van der Waals surface area contributed by atoms with Gasteiger partial charge in [0.2, 0.25) is 0 Å². The molecule has 4 nitrogen and oxygen atoms in total. The number of benzene rings is 1. The molecule has 1 aromatic carbocycles. The Hall–Kier alpha value is -2.09. The van der Waals surface area contributed by atoms with E-state index in [1.54, 1.807) is 0 Å². The predicted molar refractivity (Wildman–Crippen MR) is 94.2 cm³/mol. The van der Waals surface area contributed by atoms with E-state index in [4.69, 9.17) is 5.26 Å². The zero-order chi connectivity index (χ0) is 16.8. The molecule has 0 saturated heterocycles. The van der Waals surface area contributed by atoms with Gasteiger partial charge in [-0.15, -0.1) is 0 Å². The van der Waals surface area contributed by atoms with Gasteiger partial charge in [-0.05, 0) is 44.6 Å². The second-order valence-electron chi connectivity index (χ2n) is 6.34. The van der Waals surface area contributed by atoms with E-state index in [9.17, 15) is 0 Å². The fourth-order valence-electron chi connectivity index (χ4n) is 2.84. The summed E-state index contributed by atoms with van der Waals surface area (Å²) in [4.78, 5) is 2.21. The first-order valence-corrected chi connectivity index (χ1v) is 7.98. The summed E-state index contributed by atoms with van der Waals surface area (Å²) in [5.74, 6) is 0. The van der Waals surface area contributed by atoms with Crippen molar-refractivity contribution in [3.63, 3.8) is 0 Å². The molecule has 1 atom stereocenters. The van der Waals surface area contributed by atoms with Crippen LogP contribution < -0.4 is 5.32 Å². The third-order valence-corrected chi connectivity index (χ3v) is 4.25. The molecule has 0 radical (unpaired) electrons. The summed E-state index contributed by atoms with van der Waals surface area (Å²) in [6.45, 7) is 3.83. The van der Waals surface area contributed by atoms with Crippen LogP contribution in [0.3, 0.4) is 0 Å². The molecular weight excluding hydrogens is 284 g/mol. The van der Waals surface area contributed by atoms with E-state index in [1.807, 2.05) is 17.7 Å². The molecule has 0 aliphatic rings. The van der Waals surface area contributed by atoms with Crippen LogP contribution in [-0.2, 0) is 20.0 Å². The van der Waals surface area contributed by atoms with Gasteiger partial charge in [0.1, 0.15) is 11.8 Å². The van der Waals surface area contributed by atoms with Gasteiger partial charge in [0.05, 0.1) is 0 Å². The Kier molecular flexibility index (Phi) is 5.97. The molecular formula is C19H26N4. The molecule has 0 aliphatic heterocycles. The molecule has 0 aliphatic carbocycles. The average Bonchev–Trinajstić information content (AvgIpc) is 2.80. The van der Waals surface area contributed by atoms with E-state index in [0.29, 0.717) is 11.7 Å². The summed E-state index contributed by atoms with van der Waals surface area (Å²) in [5.41, 5.74) is 4.40. The molecule has 122 valence electrons. The highest BCUT2D eigenvalue weighted by atomic mass is 15.1. The lowest BCUT2D eigenvalue weighted by molar-refractivity contribution is 0.334. The number of hydrogen-bond donors (Lipinski definition) is 1. The molecule has 2 rings (SSSR count). The summed E-state index contributed by atoms with van der Waals surface area (Å²) in [7, 11) is 6.14. The third-order valence-electron chi connectivity index (χ3n) is 4.25. The van der Waals surface area contributed by atoms with Crippen molar-refractivity contribution in [1.29, 1.82) is 5.26 Å². The van der Waals surface area contributed by atoms with Crippen LogP contribution in [-0.4, -0.2) is 36.1 Å². The molecule has 1 N–H and O–H groups in total. The van der Waals surface area contributed by atoms with Crippen LogP contribution in [0, 0.1) is 18.3 Å². The second kappa shape index (κ2) is 7.96. The fraction of sp³-hybridized carbons (Fsp3) is 0.421. The van der Waals surface area contributed by atoms with E-state index in [0.717, 1.165) is 25.2 Å². The topological polar surface area (TPSA) is 44.0 Å². The van der Waals surface area contributed by atoms with Crippen LogP contribution in [0.25, 0.3) is 0 Å². The Morgan fingerprint density at radius 3 is 2.52 bits per heavy atom. The predicted octanol–water partition coefficient (Wildman–Crippen LogP) is 2.47. The van der Waals surface area contributed by atoms with Gasteiger partial charge in [-0.3, -0.25) is 0 Å². The lowest BCUT2D eigenvalue weighted by atomic mass is 10.1. The second-order valence-corrected chi connectivity index (χ2v) is 6.34. The average molecular weight is 310 g/mol. The lowest BCUT2D eigenvalue weighted by Crippen LogP contribution is -2.39. The van der Waals surface area contributed by atoms with Gasteiger partial charge in [-0.1, -0.05) is 30.3 Å². The minimum absolute atomic E-state index is 0.373. The van der Waals surface area contributed by atoms with E-state index in [-0.39, 0.29) is 0 Å². The Balaban J connectivity index is 2.05. The number of rotatable bonds is 7. The maximum absolute atomic E-state index is 9.15. The summed E-state index contributed by atoms with van der Waals surface area (Å²) >= 11 is 0. The van der Waals surface area contributed by atoms with Crippen molar-refractivity contribution in [3.8, 4) is 6.07 Å². The summed E-state index contributed by atoms with van der Waals surface area (Å²) < 4.78 is 1.95. The van der Waals surface area contributed by atoms with Crippen LogP contribution in [0.15, 0.2) is 36.4 Å². The number of aromatic nitrogens is 1. The molecule has 23 heavy (non-hydrogen) atoms. The number of likely N-dealkylation sites (N-methyl/N-ethyl adjacent to an activating group) is 1. The Morgan fingerprint density at radius 2 is 1.96 bits per heavy atom. The molecule has 4 heteroatoms.